The minimum absolute atomic E-state index is 0.00465. The Morgan fingerprint density at radius 3 is 1.69 bits per heavy atom. The van der Waals surface area contributed by atoms with Gasteiger partial charge in [0.05, 0.1) is 32.1 Å². The van der Waals surface area contributed by atoms with Gasteiger partial charge in [0.15, 0.2) is 0 Å². The Hall–Kier alpha value is -3.57. The fourth-order valence-electron chi connectivity index (χ4n) is 4.01. The summed E-state index contributed by atoms with van der Waals surface area (Å²) in [6.45, 7) is 1.65. The molecular weight excluding hydrogens is 462 g/mol. The minimum atomic E-state index is -0.381. The zero-order valence-electron chi connectivity index (χ0n) is 20.2. The number of pyridine rings is 1. The number of nitrogens with zero attached hydrogens (tertiary/aromatic N) is 2. The highest BCUT2D eigenvalue weighted by Crippen LogP contribution is 2.25. The second-order valence-corrected chi connectivity index (χ2v) is 8.34. The lowest BCUT2D eigenvalue weighted by Gasteiger charge is -2.23. The van der Waals surface area contributed by atoms with Gasteiger partial charge in [0.25, 0.3) is 5.56 Å². The molecule has 2 aromatic carbocycles. The average Bonchev–Trinajstić information content (AvgIpc) is 2.88. The van der Waals surface area contributed by atoms with Crippen molar-refractivity contribution in [3.05, 3.63) is 76.1 Å². The van der Waals surface area contributed by atoms with Crippen molar-refractivity contribution in [1.29, 1.82) is 0 Å². The topological polar surface area (TPSA) is 158 Å². The summed E-state index contributed by atoms with van der Waals surface area (Å²) < 4.78 is 0. The van der Waals surface area contributed by atoms with Crippen LogP contribution in [0.25, 0.3) is 0 Å². The van der Waals surface area contributed by atoms with Gasteiger partial charge in [-0.1, -0.05) is 12.1 Å². The van der Waals surface area contributed by atoms with Crippen LogP contribution < -0.4 is 26.4 Å². The van der Waals surface area contributed by atoms with Crippen LogP contribution in [0.1, 0.15) is 11.1 Å². The Bertz CT molecular complexity index is 1120. The first-order valence-electron chi connectivity index (χ1n) is 11.9. The predicted octanol–water partition coefficient (Wildman–Crippen LogP) is 0.873. The summed E-state index contributed by atoms with van der Waals surface area (Å²) in [5.74, 6) is 0.538. The molecule has 1 heterocycles. The predicted molar refractivity (Wildman–Crippen MR) is 143 cm³/mol. The molecular formula is C26H35N5O5. The van der Waals surface area contributed by atoms with Crippen molar-refractivity contribution in [2.75, 3.05) is 73.5 Å². The zero-order valence-corrected chi connectivity index (χ0v) is 20.2. The van der Waals surface area contributed by atoms with Crippen molar-refractivity contribution in [2.24, 2.45) is 0 Å². The fraction of sp³-hybridized carbons (Fsp3) is 0.346. The van der Waals surface area contributed by atoms with Gasteiger partial charge in [-0.2, -0.15) is 0 Å². The van der Waals surface area contributed by atoms with Crippen molar-refractivity contribution in [3.63, 3.8) is 0 Å². The third-order valence-corrected chi connectivity index (χ3v) is 5.83. The molecule has 3 rings (SSSR count). The van der Waals surface area contributed by atoms with Crippen LogP contribution in [0.4, 0.5) is 28.6 Å². The standard InChI is InChI=1S/C26H35N5O5/c27-24-18-20(17-19-1-5-22(6-2-19)30(9-13-32)10-14-33)25(29-26(24)36)28-21-3-7-23(8-4-21)31(11-15-34)12-16-35/h1-8,18,32-35H,9-17,27H2,(H2,28,29,36). The van der Waals surface area contributed by atoms with Crippen LogP contribution >= 0.6 is 0 Å². The zero-order chi connectivity index (χ0) is 25.9. The maximum atomic E-state index is 12.2. The van der Waals surface area contributed by atoms with Crippen LogP contribution in [0.2, 0.25) is 0 Å². The van der Waals surface area contributed by atoms with Gasteiger partial charge in [-0.05, 0) is 53.6 Å². The molecule has 10 nitrogen and oxygen atoms in total. The molecule has 36 heavy (non-hydrogen) atoms. The summed E-state index contributed by atoms with van der Waals surface area (Å²) in [7, 11) is 0. The molecule has 8 N–H and O–H groups in total. The van der Waals surface area contributed by atoms with E-state index in [0.29, 0.717) is 38.4 Å². The molecule has 0 aliphatic rings. The number of nitrogens with one attached hydrogen (secondary N) is 2. The maximum Gasteiger partial charge on any atom is 0.272 e. The third-order valence-electron chi connectivity index (χ3n) is 5.83. The van der Waals surface area contributed by atoms with Crippen LogP contribution in [0, 0.1) is 0 Å². The summed E-state index contributed by atoms with van der Waals surface area (Å²) in [6.07, 6.45) is 0.516. The van der Waals surface area contributed by atoms with Crippen molar-refractivity contribution < 1.29 is 20.4 Å². The van der Waals surface area contributed by atoms with Crippen molar-refractivity contribution in [2.45, 2.75) is 6.42 Å². The summed E-state index contributed by atoms with van der Waals surface area (Å²) >= 11 is 0. The number of aliphatic hydroxyl groups is 4. The highest BCUT2D eigenvalue weighted by molar-refractivity contribution is 5.65. The molecule has 0 spiro atoms. The van der Waals surface area contributed by atoms with Crippen molar-refractivity contribution in [1.82, 2.24) is 4.98 Å². The second-order valence-electron chi connectivity index (χ2n) is 8.34. The van der Waals surface area contributed by atoms with E-state index < -0.39 is 0 Å². The Balaban J connectivity index is 1.80. The number of benzene rings is 2. The van der Waals surface area contributed by atoms with Gasteiger partial charge in [-0.3, -0.25) is 4.79 Å². The van der Waals surface area contributed by atoms with Crippen molar-refractivity contribution in [3.8, 4) is 0 Å². The van der Waals surface area contributed by atoms with E-state index >= 15 is 0 Å². The number of aromatic amines is 1. The second kappa shape index (κ2) is 13.5. The Morgan fingerprint density at radius 2 is 1.22 bits per heavy atom. The highest BCUT2D eigenvalue weighted by Gasteiger charge is 2.11. The summed E-state index contributed by atoms with van der Waals surface area (Å²) in [4.78, 5) is 18.9. The molecule has 0 atom stereocenters. The first-order chi connectivity index (χ1) is 17.5. The minimum Gasteiger partial charge on any atom is -0.395 e. The van der Waals surface area contributed by atoms with Gasteiger partial charge in [-0.15, -0.1) is 0 Å². The van der Waals surface area contributed by atoms with E-state index in [-0.39, 0.29) is 37.7 Å². The summed E-state index contributed by atoms with van der Waals surface area (Å²) in [6, 6.07) is 17.0. The van der Waals surface area contributed by atoms with Crippen LogP contribution in [0.15, 0.2) is 59.4 Å². The van der Waals surface area contributed by atoms with E-state index in [9.17, 15) is 25.2 Å². The molecule has 0 fully saturated rings. The first kappa shape index (κ1) is 27.0. The lowest BCUT2D eigenvalue weighted by molar-refractivity contribution is 0.280. The number of H-pyrrole nitrogens is 1. The molecule has 0 aliphatic heterocycles. The molecule has 3 aromatic rings. The number of hydrogen-bond donors (Lipinski definition) is 7. The molecule has 0 saturated heterocycles. The summed E-state index contributed by atoms with van der Waals surface area (Å²) in [5.41, 5.74) is 9.99. The Morgan fingerprint density at radius 1 is 0.750 bits per heavy atom. The largest absolute Gasteiger partial charge is 0.395 e. The molecule has 0 aliphatic carbocycles. The number of nitrogens with two attached hydrogens (primary N) is 1. The monoisotopic (exact) mass is 497 g/mol. The van der Waals surface area contributed by atoms with E-state index in [2.05, 4.69) is 10.3 Å². The van der Waals surface area contributed by atoms with Gasteiger partial charge in [0.2, 0.25) is 0 Å². The van der Waals surface area contributed by atoms with E-state index in [4.69, 9.17) is 5.73 Å². The van der Waals surface area contributed by atoms with Crippen LogP contribution in [0.5, 0.6) is 0 Å². The van der Waals surface area contributed by atoms with E-state index in [0.717, 1.165) is 28.2 Å². The number of hydrogen-bond acceptors (Lipinski definition) is 9. The quantitative estimate of drug-likeness (QED) is 0.172. The number of aromatic nitrogens is 1. The normalized spacial score (nSPS) is 10.9. The van der Waals surface area contributed by atoms with Gasteiger partial charge in [-0.25, -0.2) is 0 Å². The lowest BCUT2D eigenvalue weighted by Crippen LogP contribution is -2.29. The van der Waals surface area contributed by atoms with Crippen LogP contribution in [-0.4, -0.2) is 78.0 Å². The van der Waals surface area contributed by atoms with Gasteiger partial charge in [0, 0.05) is 49.7 Å². The molecule has 0 radical (unpaired) electrons. The molecule has 0 amide bonds. The maximum absolute atomic E-state index is 12.2. The molecule has 0 bridgehead atoms. The van der Waals surface area contributed by atoms with Crippen LogP contribution in [0.3, 0.4) is 0 Å². The van der Waals surface area contributed by atoms with Gasteiger partial charge < -0.3 is 46.3 Å². The van der Waals surface area contributed by atoms with Gasteiger partial charge in [0.1, 0.15) is 5.82 Å². The van der Waals surface area contributed by atoms with E-state index in [1.165, 1.54) is 0 Å². The Kier molecular flexibility index (Phi) is 10.1. The fourth-order valence-corrected chi connectivity index (χ4v) is 4.01. The SMILES string of the molecule is Nc1cc(Cc2ccc(N(CCO)CCO)cc2)c(Nc2ccc(N(CCO)CCO)cc2)[nH]c1=O. The average molecular weight is 498 g/mol. The first-order valence-corrected chi connectivity index (χ1v) is 11.9. The van der Waals surface area contributed by atoms with E-state index in [1.807, 2.05) is 58.3 Å². The molecule has 194 valence electrons. The summed E-state index contributed by atoms with van der Waals surface area (Å²) in [5, 5.41) is 40.3. The number of nitrogen functional groups attached to an aromatic ring is 1. The number of anilines is 5. The molecule has 10 heteroatoms. The lowest BCUT2D eigenvalue weighted by atomic mass is 10.0. The van der Waals surface area contributed by atoms with Crippen LogP contribution in [-0.2, 0) is 6.42 Å². The Labute approximate surface area is 210 Å². The number of aliphatic hydroxyl groups excluding tert-OH is 4. The highest BCUT2D eigenvalue weighted by atomic mass is 16.3. The molecule has 0 saturated carbocycles. The van der Waals surface area contributed by atoms with E-state index in [1.54, 1.807) is 6.07 Å². The molecule has 0 unspecified atom stereocenters. The smallest absolute Gasteiger partial charge is 0.272 e. The third kappa shape index (κ3) is 7.22. The molecule has 1 aromatic heterocycles. The van der Waals surface area contributed by atoms with Crippen molar-refractivity contribution >= 4 is 28.6 Å². The van der Waals surface area contributed by atoms with Gasteiger partial charge >= 0.3 is 0 Å². The number of rotatable bonds is 14.